The van der Waals surface area contributed by atoms with Crippen molar-refractivity contribution in [3.63, 3.8) is 0 Å². The van der Waals surface area contributed by atoms with Gasteiger partial charge in [0.05, 0.1) is 12.0 Å². The summed E-state index contributed by atoms with van der Waals surface area (Å²) in [6.07, 6.45) is 7.75. The summed E-state index contributed by atoms with van der Waals surface area (Å²) in [5.41, 5.74) is 1.38. The first-order chi connectivity index (χ1) is 11.3. The minimum atomic E-state index is 0.571. The minimum absolute atomic E-state index is 0.571. The zero-order valence-corrected chi connectivity index (χ0v) is 14.8. The van der Waals surface area contributed by atoms with Crippen molar-refractivity contribution in [1.29, 1.82) is 0 Å². The Balaban J connectivity index is 1.60. The van der Waals surface area contributed by atoms with Crippen molar-refractivity contribution in [1.82, 2.24) is 19.4 Å². The first-order valence-corrected chi connectivity index (χ1v) is 9.33. The molecule has 23 heavy (non-hydrogen) atoms. The van der Waals surface area contributed by atoms with Gasteiger partial charge in [-0.2, -0.15) is 0 Å². The topological polar surface area (TPSA) is 33.5 Å². The Kier molecular flexibility index (Phi) is 6.08. The van der Waals surface area contributed by atoms with Gasteiger partial charge in [-0.15, -0.1) is 0 Å². The molecule has 0 saturated carbocycles. The lowest BCUT2D eigenvalue weighted by atomic mass is 9.98. The molecule has 1 fully saturated rings. The van der Waals surface area contributed by atoms with Gasteiger partial charge in [-0.1, -0.05) is 13.8 Å². The van der Waals surface area contributed by atoms with E-state index in [0.717, 1.165) is 38.8 Å². The third-order valence-corrected chi connectivity index (χ3v) is 5.52. The van der Waals surface area contributed by atoms with Gasteiger partial charge >= 0.3 is 0 Å². The van der Waals surface area contributed by atoms with Crippen LogP contribution in [0.15, 0.2) is 12.5 Å². The number of fused-ring (bicyclic) bond motifs is 1. The summed E-state index contributed by atoms with van der Waals surface area (Å²) in [6, 6.07) is 0.571. The van der Waals surface area contributed by atoms with Crippen LogP contribution in [0.5, 0.6) is 0 Å². The summed E-state index contributed by atoms with van der Waals surface area (Å²) in [5, 5.41) is 0. The van der Waals surface area contributed by atoms with E-state index in [-0.39, 0.29) is 0 Å². The highest BCUT2D eigenvalue weighted by Gasteiger charge is 2.27. The Morgan fingerprint density at radius 1 is 1.26 bits per heavy atom. The second-order valence-electron chi connectivity index (χ2n) is 7.01. The molecule has 0 N–H and O–H groups in total. The van der Waals surface area contributed by atoms with E-state index >= 15 is 0 Å². The number of hydrogen-bond acceptors (Lipinski definition) is 4. The van der Waals surface area contributed by atoms with Crippen LogP contribution in [0.4, 0.5) is 0 Å². The maximum atomic E-state index is 5.51. The maximum absolute atomic E-state index is 5.51. The highest BCUT2D eigenvalue weighted by Crippen LogP contribution is 2.26. The molecule has 1 atom stereocenters. The lowest BCUT2D eigenvalue weighted by Crippen LogP contribution is -2.41. The van der Waals surface area contributed by atoms with Crippen LogP contribution in [0.2, 0.25) is 0 Å². The van der Waals surface area contributed by atoms with Gasteiger partial charge in [-0.25, -0.2) is 4.98 Å². The molecule has 5 heteroatoms. The van der Waals surface area contributed by atoms with E-state index in [1.54, 1.807) is 0 Å². The zero-order chi connectivity index (χ0) is 16.1. The van der Waals surface area contributed by atoms with Gasteiger partial charge in [0.2, 0.25) is 0 Å². The van der Waals surface area contributed by atoms with Gasteiger partial charge in [0.1, 0.15) is 0 Å². The van der Waals surface area contributed by atoms with Crippen LogP contribution in [-0.2, 0) is 11.3 Å². The number of rotatable bonds is 7. The Bertz CT molecular complexity index is 465. The van der Waals surface area contributed by atoms with E-state index in [0.29, 0.717) is 6.04 Å². The van der Waals surface area contributed by atoms with Gasteiger partial charge in [-0.05, 0) is 38.3 Å². The standard InChI is InChI=1S/C18H32N4O/c1-3-20(4-2)8-5-17-13-21(12-16-6-9-23-10-7-16)14-18-11-19-15-22(17)18/h11,15-17H,3-10,12-14H2,1-2H3/t17-/m0/s1. The average molecular weight is 320 g/mol. The molecule has 130 valence electrons. The van der Waals surface area contributed by atoms with Crippen molar-refractivity contribution in [2.24, 2.45) is 5.92 Å². The van der Waals surface area contributed by atoms with Gasteiger partial charge in [0, 0.05) is 51.6 Å². The first-order valence-electron chi connectivity index (χ1n) is 9.33. The van der Waals surface area contributed by atoms with Crippen molar-refractivity contribution in [3.8, 4) is 0 Å². The van der Waals surface area contributed by atoms with Crippen LogP contribution in [0.3, 0.4) is 0 Å². The summed E-state index contributed by atoms with van der Waals surface area (Å²) >= 11 is 0. The summed E-state index contributed by atoms with van der Waals surface area (Å²) in [5.74, 6) is 0.807. The van der Waals surface area contributed by atoms with Gasteiger partial charge in [0.15, 0.2) is 0 Å². The highest BCUT2D eigenvalue weighted by molar-refractivity contribution is 5.04. The van der Waals surface area contributed by atoms with Crippen LogP contribution >= 0.6 is 0 Å². The molecule has 0 amide bonds. The SMILES string of the molecule is CCN(CC)CC[C@H]1CN(CC2CCOCC2)Cc2cncn21. The average Bonchev–Trinajstić information content (AvgIpc) is 3.05. The van der Waals surface area contributed by atoms with Gasteiger partial charge < -0.3 is 14.2 Å². The van der Waals surface area contributed by atoms with Crippen molar-refractivity contribution in [2.45, 2.75) is 45.7 Å². The molecule has 2 aliphatic rings. The molecule has 0 bridgehead atoms. The summed E-state index contributed by atoms with van der Waals surface area (Å²) in [6.45, 7) is 13.3. The maximum Gasteiger partial charge on any atom is 0.0951 e. The number of hydrogen-bond donors (Lipinski definition) is 0. The van der Waals surface area contributed by atoms with E-state index in [9.17, 15) is 0 Å². The highest BCUT2D eigenvalue weighted by atomic mass is 16.5. The molecule has 0 aliphatic carbocycles. The first kappa shape index (κ1) is 16.9. The molecule has 3 heterocycles. The molecule has 0 spiro atoms. The molecule has 0 radical (unpaired) electrons. The number of nitrogens with zero attached hydrogens (tertiary/aromatic N) is 4. The molecule has 1 saturated heterocycles. The summed E-state index contributed by atoms with van der Waals surface area (Å²) in [4.78, 5) is 9.58. The predicted octanol–water partition coefficient (Wildman–Crippen LogP) is 2.40. The Labute approximate surface area is 140 Å². The largest absolute Gasteiger partial charge is 0.381 e. The second-order valence-corrected chi connectivity index (χ2v) is 7.01. The Morgan fingerprint density at radius 3 is 2.78 bits per heavy atom. The monoisotopic (exact) mass is 320 g/mol. The summed E-state index contributed by atoms with van der Waals surface area (Å²) < 4.78 is 7.93. The predicted molar refractivity (Wildman–Crippen MR) is 92.5 cm³/mol. The van der Waals surface area contributed by atoms with Gasteiger partial charge in [-0.3, -0.25) is 4.90 Å². The van der Waals surface area contributed by atoms with E-state index in [2.05, 4.69) is 39.4 Å². The normalized spacial score (nSPS) is 23.3. The van der Waals surface area contributed by atoms with Crippen molar-refractivity contribution >= 4 is 0 Å². The quantitative estimate of drug-likeness (QED) is 0.772. The molecule has 3 rings (SSSR count). The van der Waals surface area contributed by atoms with E-state index in [4.69, 9.17) is 4.74 Å². The van der Waals surface area contributed by atoms with Crippen LogP contribution in [-0.4, -0.2) is 65.3 Å². The second kappa shape index (κ2) is 8.27. The molecule has 1 aromatic heterocycles. The molecular weight excluding hydrogens is 288 g/mol. The fourth-order valence-corrected chi connectivity index (χ4v) is 4.00. The Hall–Kier alpha value is -0.910. The molecular formula is C18H32N4O. The number of ether oxygens (including phenoxy) is 1. The van der Waals surface area contributed by atoms with Gasteiger partial charge in [0.25, 0.3) is 0 Å². The fourth-order valence-electron chi connectivity index (χ4n) is 4.00. The Morgan fingerprint density at radius 2 is 2.04 bits per heavy atom. The third-order valence-electron chi connectivity index (χ3n) is 5.52. The third kappa shape index (κ3) is 4.34. The van der Waals surface area contributed by atoms with Crippen LogP contribution < -0.4 is 0 Å². The van der Waals surface area contributed by atoms with E-state index < -0.39 is 0 Å². The zero-order valence-electron chi connectivity index (χ0n) is 14.8. The minimum Gasteiger partial charge on any atom is -0.381 e. The van der Waals surface area contributed by atoms with Crippen molar-refractivity contribution in [2.75, 3.05) is 45.9 Å². The van der Waals surface area contributed by atoms with E-state index in [1.165, 1.54) is 44.6 Å². The van der Waals surface area contributed by atoms with E-state index in [1.807, 2.05) is 6.33 Å². The number of aromatic nitrogens is 2. The van der Waals surface area contributed by atoms with Crippen LogP contribution in [0.25, 0.3) is 0 Å². The lowest BCUT2D eigenvalue weighted by Gasteiger charge is -2.37. The fraction of sp³-hybridized carbons (Fsp3) is 0.833. The van der Waals surface area contributed by atoms with Crippen molar-refractivity contribution in [3.05, 3.63) is 18.2 Å². The van der Waals surface area contributed by atoms with Crippen LogP contribution in [0.1, 0.15) is 44.8 Å². The lowest BCUT2D eigenvalue weighted by molar-refractivity contribution is 0.0447. The molecule has 0 aromatic carbocycles. The van der Waals surface area contributed by atoms with Crippen LogP contribution in [0, 0.1) is 5.92 Å². The smallest absolute Gasteiger partial charge is 0.0951 e. The molecule has 0 unspecified atom stereocenters. The molecule has 5 nitrogen and oxygen atoms in total. The number of imidazole rings is 1. The summed E-state index contributed by atoms with van der Waals surface area (Å²) in [7, 11) is 0. The molecule has 1 aromatic rings. The van der Waals surface area contributed by atoms with Crippen molar-refractivity contribution < 1.29 is 4.74 Å². The molecule has 2 aliphatic heterocycles.